The van der Waals surface area contributed by atoms with Gasteiger partial charge in [0.05, 0.1) is 12.8 Å². The zero-order valence-corrected chi connectivity index (χ0v) is 14.8. The first-order valence-corrected chi connectivity index (χ1v) is 9.08. The van der Waals surface area contributed by atoms with E-state index in [9.17, 15) is 8.42 Å². The Kier molecular flexibility index (Phi) is 4.92. The molecule has 0 radical (unpaired) electrons. The lowest BCUT2D eigenvalue weighted by molar-refractivity contribution is 0.414. The van der Waals surface area contributed by atoms with Gasteiger partial charge in [-0.15, -0.1) is 11.3 Å². The lowest BCUT2D eigenvalue weighted by atomic mass is 10.3. The molecule has 1 aromatic carbocycles. The number of nitrogens with zero attached hydrogens (tertiary/aromatic N) is 1. The standard InChI is InChI=1S/C13H15BrN2O3S2/c1-16(7-11-5-9(14)8-20-11)21(17,18)13-4-3-10(19-2)6-12(13)15/h3-6,8H,7,15H2,1-2H3. The molecule has 5 nitrogen and oxygen atoms in total. The molecule has 2 aromatic rings. The maximum atomic E-state index is 12.6. The van der Waals surface area contributed by atoms with Gasteiger partial charge in [-0.3, -0.25) is 0 Å². The number of thiophene rings is 1. The molecule has 8 heteroatoms. The van der Waals surface area contributed by atoms with E-state index in [4.69, 9.17) is 10.5 Å². The number of halogens is 1. The van der Waals surface area contributed by atoms with E-state index in [-0.39, 0.29) is 10.6 Å². The number of nitrogens with two attached hydrogens (primary N) is 1. The molecule has 2 N–H and O–H groups in total. The van der Waals surface area contributed by atoms with E-state index in [0.29, 0.717) is 12.3 Å². The number of nitrogen functional groups attached to an aromatic ring is 1. The molecule has 0 spiro atoms. The van der Waals surface area contributed by atoms with Crippen molar-refractivity contribution in [2.75, 3.05) is 19.9 Å². The van der Waals surface area contributed by atoms with Crippen LogP contribution in [0.3, 0.4) is 0 Å². The highest BCUT2D eigenvalue weighted by molar-refractivity contribution is 9.10. The number of methoxy groups -OCH3 is 1. The molecule has 0 saturated carbocycles. The summed E-state index contributed by atoms with van der Waals surface area (Å²) in [6.07, 6.45) is 0. The summed E-state index contributed by atoms with van der Waals surface area (Å²) >= 11 is 4.85. The van der Waals surface area contributed by atoms with Gasteiger partial charge in [-0.25, -0.2) is 8.42 Å². The number of benzene rings is 1. The lowest BCUT2D eigenvalue weighted by Gasteiger charge is -2.18. The van der Waals surface area contributed by atoms with Crippen LogP contribution < -0.4 is 10.5 Å². The quantitative estimate of drug-likeness (QED) is 0.796. The van der Waals surface area contributed by atoms with Crippen molar-refractivity contribution in [1.82, 2.24) is 4.31 Å². The van der Waals surface area contributed by atoms with Crippen molar-refractivity contribution in [3.05, 3.63) is 39.0 Å². The van der Waals surface area contributed by atoms with E-state index in [0.717, 1.165) is 9.35 Å². The molecule has 1 aromatic heterocycles. The molecule has 0 aliphatic heterocycles. The summed E-state index contributed by atoms with van der Waals surface area (Å²) in [5.74, 6) is 0.524. The van der Waals surface area contributed by atoms with Crippen LogP contribution in [0.4, 0.5) is 5.69 Å². The average Bonchev–Trinajstić information content (AvgIpc) is 2.83. The van der Waals surface area contributed by atoms with E-state index in [2.05, 4.69) is 15.9 Å². The Hall–Kier alpha value is -1.09. The summed E-state index contributed by atoms with van der Waals surface area (Å²) < 4.78 is 32.4. The Balaban J connectivity index is 2.28. The third-order valence-electron chi connectivity index (χ3n) is 2.91. The largest absolute Gasteiger partial charge is 0.497 e. The van der Waals surface area contributed by atoms with Crippen molar-refractivity contribution in [2.45, 2.75) is 11.4 Å². The van der Waals surface area contributed by atoms with Crippen molar-refractivity contribution < 1.29 is 13.2 Å². The molecule has 0 unspecified atom stereocenters. The second-order valence-electron chi connectivity index (χ2n) is 4.40. The van der Waals surface area contributed by atoms with Gasteiger partial charge in [0.25, 0.3) is 0 Å². The highest BCUT2D eigenvalue weighted by atomic mass is 79.9. The highest BCUT2D eigenvalue weighted by Gasteiger charge is 2.24. The first kappa shape index (κ1) is 16.3. The number of rotatable bonds is 5. The normalized spacial score (nSPS) is 11.8. The molecule has 114 valence electrons. The number of hydrogen-bond acceptors (Lipinski definition) is 5. The van der Waals surface area contributed by atoms with E-state index in [1.807, 2.05) is 11.4 Å². The number of ether oxygens (including phenoxy) is 1. The van der Waals surface area contributed by atoms with Crippen LogP contribution in [0, 0.1) is 0 Å². The second-order valence-corrected chi connectivity index (χ2v) is 8.32. The Morgan fingerprint density at radius 3 is 2.62 bits per heavy atom. The van der Waals surface area contributed by atoms with E-state index in [1.54, 1.807) is 6.07 Å². The smallest absolute Gasteiger partial charge is 0.245 e. The Morgan fingerprint density at radius 2 is 2.10 bits per heavy atom. The summed E-state index contributed by atoms with van der Waals surface area (Å²) in [6.45, 7) is 0.296. The van der Waals surface area contributed by atoms with E-state index < -0.39 is 10.0 Å². The molecule has 2 rings (SSSR count). The van der Waals surface area contributed by atoms with Crippen LogP contribution in [0.15, 0.2) is 39.0 Å². The van der Waals surface area contributed by atoms with Crippen LogP contribution in [0.25, 0.3) is 0 Å². The van der Waals surface area contributed by atoms with Crippen LogP contribution in [0.5, 0.6) is 5.75 Å². The predicted molar refractivity (Wildman–Crippen MR) is 88.1 cm³/mol. The van der Waals surface area contributed by atoms with Crippen molar-refractivity contribution in [3.63, 3.8) is 0 Å². The topological polar surface area (TPSA) is 72.6 Å². The Bertz CT molecular complexity index is 744. The molecule has 0 atom stereocenters. The van der Waals surface area contributed by atoms with Crippen LogP contribution in [0.1, 0.15) is 4.88 Å². The van der Waals surface area contributed by atoms with Gasteiger partial charge in [-0.2, -0.15) is 4.31 Å². The fraction of sp³-hybridized carbons (Fsp3) is 0.231. The first-order valence-electron chi connectivity index (χ1n) is 5.97. The zero-order valence-electron chi connectivity index (χ0n) is 11.5. The van der Waals surface area contributed by atoms with E-state index >= 15 is 0 Å². The predicted octanol–water partition coefficient (Wildman–Crippen LogP) is 2.92. The molecule has 0 fully saturated rings. The van der Waals surface area contributed by atoms with Gasteiger partial charge >= 0.3 is 0 Å². The molecular weight excluding hydrogens is 376 g/mol. The molecule has 0 bridgehead atoms. The van der Waals surface area contributed by atoms with Gasteiger partial charge in [0.15, 0.2) is 0 Å². The Morgan fingerprint density at radius 1 is 1.38 bits per heavy atom. The molecule has 0 aliphatic carbocycles. The lowest BCUT2D eigenvalue weighted by Crippen LogP contribution is -2.26. The summed E-state index contributed by atoms with van der Waals surface area (Å²) in [5.41, 5.74) is 6.00. The summed E-state index contributed by atoms with van der Waals surface area (Å²) in [4.78, 5) is 1.03. The molecule has 0 saturated heterocycles. The van der Waals surface area contributed by atoms with Gasteiger partial charge in [-0.05, 0) is 34.1 Å². The molecule has 21 heavy (non-hydrogen) atoms. The summed E-state index contributed by atoms with van der Waals surface area (Å²) in [6, 6.07) is 6.44. The number of anilines is 1. The third-order valence-corrected chi connectivity index (χ3v) is 6.47. The maximum absolute atomic E-state index is 12.6. The summed E-state index contributed by atoms with van der Waals surface area (Å²) in [7, 11) is -0.601. The zero-order chi connectivity index (χ0) is 15.6. The fourth-order valence-electron chi connectivity index (χ4n) is 1.80. The summed E-state index contributed by atoms with van der Waals surface area (Å²) in [5, 5.41) is 1.91. The molecular formula is C13H15BrN2O3S2. The van der Waals surface area contributed by atoms with Gasteiger partial charge in [0, 0.05) is 34.4 Å². The van der Waals surface area contributed by atoms with Crippen molar-refractivity contribution in [3.8, 4) is 5.75 Å². The Labute approximate surface area is 136 Å². The second kappa shape index (κ2) is 6.35. The molecule has 0 amide bonds. The molecule has 0 aliphatic rings. The van der Waals surface area contributed by atoms with Gasteiger partial charge < -0.3 is 10.5 Å². The number of hydrogen-bond donors (Lipinski definition) is 1. The minimum absolute atomic E-state index is 0.0846. The first-order chi connectivity index (χ1) is 9.84. The van der Waals surface area contributed by atoms with Crippen molar-refractivity contribution in [1.29, 1.82) is 0 Å². The van der Waals surface area contributed by atoms with Gasteiger partial charge in [0.1, 0.15) is 10.6 Å². The number of sulfonamides is 1. The maximum Gasteiger partial charge on any atom is 0.245 e. The van der Waals surface area contributed by atoms with E-state index in [1.165, 1.54) is 41.9 Å². The third kappa shape index (κ3) is 3.57. The van der Waals surface area contributed by atoms with Gasteiger partial charge in [-0.1, -0.05) is 0 Å². The van der Waals surface area contributed by atoms with Crippen LogP contribution in [0.2, 0.25) is 0 Å². The van der Waals surface area contributed by atoms with Crippen LogP contribution >= 0.6 is 27.3 Å². The van der Waals surface area contributed by atoms with Crippen molar-refractivity contribution in [2.24, 2.45) is 0 Å². The van der Waals surface area contributed by atoms with Gasteiger partial charge in [0.2, 0.25) is 10.0 Å². The SMILES string of the molecule is COc1ccc(S(=O)(=O)N(C)Cc2cc(Br)cs2)c(N)c1. The minimum atomic E-state index is -3.64. The highest BCUT2D eigenvalue weighted by Crippen LogP contribution is 2.28. The van der Waals surface area contributed by atoms with Crippen LogP contribution in [-0.2, 0) is 16.6 Å². The monoisotopic (exact) mass is 390 g/mol. The van der Waals surface area contributed by atoms with Crippen molar-refractivity contribution >= 4 is 43.0 Å². The molecule has 1 heterocycles. The average molecular weight is 391 g/mol. The van der Waals surface area contributed by atoms with Crippen LogP contribution in [-0.4, -0.2) is 26.9 Å². The minimum Gasteiger partial charge on any atom is -0.497 e. The fourth-order valence-corrected chi connectivity index (χ4v) is 4.62.